The van der Waals surface area contributed by atoms with Crippen molar-refractivity contribution in [3.05, 3.63) is 71.5 Å². The van der Waals surface area contributed by atoms with Crippen LogP contribution in [0.2, 0.25) is 5.02 Å². The van der Waals surface area contributed by atoms with Crippen molar-refractivity contribution < 1.29 is 9.53 Å². The molecule has 0 spiro atoms. The Morgan fingerprint density at radius 1 is 1.19 bits per heavy atom. The van der Waals surface area contributed by atoms with Crippen molar-refractivity contribution in [1.29, 1.82) is 0 Å². The fraction of sp³-hybridized carbons (Fsp3) is 0.150. The molecular weight excluding hydrogens is 364 g/mol. The number of aromatic nitrogens is 2. The smallest absolute Gasteiger partial charge is 0.274 e. The standard InChI is InChI=1S/C20H19ClN4O2/c1-3-25(15-7-5-4-6-8-15)20-22-12-11-17(24-20)19(26)23-14-9-10-18(27-2)16(21)13-14/h4-13H,3H2,1-2H3,(H,23,26). The highest BCUT2D eigenvalue weighted by atomic mass is 35.5. The Balaban J connectivity index is 1.82. The summed E-state index contributed by atoms with van der Waals surface area (Å²) in [5.74, 6) is 0.661. The number of halogens is 1. The summed E-state index contributed by atoms with van der Waals surface area (Å²) < 4.78 is 5.12. The summed E-state index contributed by atoms with van der Waals surface area (Å²) >= 11 is 6.10. The lowest BCUT2D eigenvalue weighted by molar-refractivity contribution is 0.102. The average molecular weight is 383 g/mol. The summed E-state index contributed by atoms with van der Waals surface area (Å²) in [5, 5.41) is 3.20. The number of anilines is 3. The number of carbonyl (C=O) groups is 1. The van der Waals surface area contributed by atoms with E-state index in [-0.39, 0.29) is 11.6 Å². The van der Waals surface area contributed by atoms with Gasteiger partial charge in [0.1, 0.15) is 11.4 Å². The Kier molecular flexibility index (Phi) is 5.88. The minimum Gasteiger partial charge on any atom is -0.495 e. The molecule has 138 valence electrons. The van der Waals surface area contributed by atoms with Gasteiger partial charge in [-0.1, -0.05) is 29.8 Å². The van der Waals surface area contributed by atoms with Gasteiger partial charge in [-0.2, -0.15) is 0 Å². The van der Waals surface area contributed by atoms with Crippen LogP contribution in [0.1, 0.15) is 17.4 Å². The molecule has 2 aromatic carbocycles. The van der Waals surface area contributed by atoms with Crippen molar-refractivity contribution in [2.45, 2.75) is 6.92 Å². The summed E-state index contributed by atoms with van der Waals surface area (Å²) in [6.45, 7) is 2.67. The maximum atomic E-state index is 12.6. The minimum atomic E-state index is -0.344. The highest BCUT2D eigenvalue weighted by Gasteiger charge is 2.14. The van der Waals surface area contributed by atoms with Gasteiger partial charge >= 0.3 is 0 Å². The van der Waals surface area contributed by atoms with Crippen molar-refractivity contribution in [1.82, 2.24) is 9.97 Å². The molecule has 0 fully saturated rings. The van der Waals surface area contributed by atoms with Crippen molar-refractivity contribution in [3.63, 3.8) is 0 Å². The first-order valence-corrected chi connectivity index (χ1v) is 8.80. The van der Waals surface area contributed by atoms with E-state index in [9.17, 15) is 4.79 Å². The molecule has 27 heavy (non-hydrogen) atoms. The van der Waals surface area contributed by atoms with Crippen molar-refractivity contribution in [2.24, 2.45) is 0 Å². The molecule has 7 heteroatoms. The molecule has 1 N–H and O–H groups in total. The second-order valence-corrected chi connectivity index (χ2v) is 6.03. The monoisotopic (exact) mass is 382 g/mol. The van der Waals surface area contributed by atoms with E-state index >= 15 is 0 Å². The summed E-state index contributed by atoms with van der Waals surface area (Å²) in [4.78, 5) is 23.2. The third-order valence-electron chi connectivity index (χ3n) is 3.91. The van der Waals surface area contributed by atoms with Crippen LogP contribution in [0.15, 0.2) is 60.8 Å². The summed E-state index contributed by atoms with van der Waals surface area (Å²) in [7, 11) is 1.54. The van der Waals surface area contributed by atoms with Crippen LogP contribution in [0.4, 0.5) is 17.3 Å². The van der Waals surface area contributed by atoms with Gasteiger partial charge in [0, 0.05) is 24.1 Å². The number of hydrogen-bond donors (Lipinski definition) is 1. The maximum absolute atomic E-state index is 12.6. The van der Waals surface area contributed by atoms with Gasteiger partial charge in [0.25, 0.3) is 5.91 Å². The van der Waals surface area contributed by atoms with Crippen molar-refractivity contribution >= 4 is 34.8 Å². The van der Waals surface area contributed by atoms with Crippen LogP contribution in [0.5, 0.6) is 5.75 Å². The lowest BCUT2D eigenvalue weighted by atomic mass is 10.2. The van der Waals surface area contributed by atoms with Gasteiger partial charge in [-0.05, 0) is 43.3 Å². The first-order valence-electron chi connectivity index (χ1n) is 8.43. The molecule has 1 aromatic heterocycles. The Morgan fingerprint density at radius 2 is 1.96 bits per heavy atom. The molecule has 0 aliphatic carbocycles. The predicted octanol–water partition coefficient (Wildman–Crippen LogP) is 4.55. The van der Waals surface area contributed by atoms with Gasteiger partial charge in [-0.3, -0.25) is 4.79 Å². The zero-order valence-electron chi connectivity index (χ0n) is 15.0. The molecule has 3 aromatic rings. The second kappa shape index (κ2) is 8.51. The Bertz CT molecular complexity index is 934. The third kappa shape index (κ3) is 4.35. The molecular formula is C20H19ClN4O2. The van der Waals surface area contributed by atoms with Gasteiger partial charge in [0.15, 0.2) is 0 Å². The van der Waals surface area contributed by atoms with E-state index < -0.39 is 0 Å². The highest BCUT2D eigenvalue weighted by molar-refractivity contribution is 6.32. The zero-order chi connectivity index (χ0) is 19.2. The summed E-state index contributed by atoms with van der Waals surface area (Å²) in [5.41, 5.74) is 1.78. The number of amides is 1. The number of hydrogen-bond acceptors (Lipinski definition) is 5. The molecule has 0 aliphatic rings. The molecule has 0 atom stereocenters. The largest absolute Gasteiger partial charge is 0.495 e. The van der Waals surface area contributed by atoms with Crippen LogP contribution in [-0.4, -0.2) is 29.5 Å². The third-order valence-corrected chi connectivity index (χ3v) is 4.21. The van der Waals surface area contributed by atoms with Crippen molar-refractivity contribution in [3.8, 4) is 5.75 Å². The average Bonchev–Trinajstić information content (AvgIpc) is 2.70. The van der Waals surface area contributed by atoms with Gasteiger partial charge in [0.05, 0.1) is 12.1 Å². The van der Waals surface area contributed by atoms with Crippen LogP contribution >= 0.6 is 11.6 Å². The number of benzene rings is 2. The lowest BCUT2D eigenvalue weighted by Crippen LogP contribution is -2.21. The van der Waals surface area contributed by atoms with Gasteiger partial charge in [0.2, 0.25) is 5.95 Å². The first-order chi connectivity index (χ1) is 13.1. The van der Waals surface area contributed by atoms with Crippen LogP contribution in [-0.2, 0) is 0 Å². The van der Waals surface area contributed by atoms with Gasteiger partial charge < -0.3 is 15.0 Å². The summed E-state index contributed by atoms with van der Waals surface area (Å²) in [6.07, 6.45) is 1.57. The van der Waals surface area contributed by atoms with Gasteiger partial charge in [-0.25, -0.2) is 9.97 Å². The van der Waals surface area contributed by atoms with E-state index in [1.807, 2.05) is 42.2 Å². The fourth-order valence-electron chi connectivity index (χ4n) is 2.59. The Hall–Kier alpha value is -3.12. The van der Waals surface area contributed by atoms with E-state index in [4.69, 9.17) is 16.3 Å². The molecule has 3 rings (SSSR count). The highest BCUT2D eigenvalue weighted by Crippen LogP contribution is 2.27. The second-order valence-electron chi connectivity index (χ2n) is 5.63. The van der Waals surface area contributed by atoms with E-state index in [0.717, 1.165) is 5.69 Å². The number of carbonyl (C=O) groups excluding carboxylic acids is 1. The van der Waals surface area contributed by atoms with Crippen LogP contribution in [0.25, 0.3) is 0 Å². The molecule has 0 unspecified atom stereocenters. The van der Waals surface area contributed by atoms with Crippen LogP contribution < -0.4 is 15.0 Å². The molecule has 0 radical (unpaired) electrons. The zero-order valence-corrected chi connectivity index (χ0v) is 15.8. The molecule has 1 amide bonds. The van der Waals surface area contributed by atoms with Crippen LogP contribution in [0, 0.1) is 0 Å². The maximum Gasteiger partial charge on any atom is 0.274 e. The lowest BCUT2D eigenvalue weighted by Gasteiger charge is -2.21. The first kappa shape index (κ1) is 18.7. The van der Waals surface area contributed by atoms with E-state index in [1.165, 1.54) is 7.11 Å². The number of methoxy groups -OCH3 is 1. The number of nitrogens with one attached hydrogen (secondary N) is 1. The van der Waals surface area contributed by atoms with Gasteiger partial charge in [-0.15, -0.1) is 0 Å². The number of rotatable bonds is 6. The number of nitrogens with zero attached hydrogens (tertiary/aromatic N) is 3. The van der Waals surface area contributed by atoms with E-state index in [0.29, 0.717) is 29.0 Å². The number of ether oxygens (including phenoxy) is 1. The number of para-hydroxylation sites is 1. The normalized spacial score (nSPS) is 10.3. The molecule has 1 heterocycles. The predicted molar refractivity (Wildman–Crippen MR) is 107 cm³/mol. The SMILES string of the molecule is CCN(c1ccccc1)c1nccc(C(=O)Nc2ccc(OC)c(Cl)c2)n1. The molecule has 6 nitrogen and oxygen atoms in total. The minimum absolute atomic E-state index is 0.265. The van der Waals surface area contributed by atoms with Crippen LogP contribution in [0.3, 0.4) is 0 Å². The summed E-state index contributed by atoms with van der Waals surface area (Å²) in [6, 6.07) is 16.4. The molecule has 0 saturated heterocycles. The fourth-order valence-corrected chi connectivity index (χ4v) is 2.85. The quantitative estimate of drug-likeness (QED) is 0.677. The molecule has 0 saturated carbocycles. The van der Waals surface area contributed by atoms with E-state index in [2.05, 4.69) is 15.3 Å². The molecule has 0 bridgehead atoms. The Morgan fingerprint density at radius 3 is 2.63 bits per heavy atom. The van der Waals surface area contributed by atoms with Crippen molar-refractivity contribution in [2.75, 3.05) is 23.9 Å². The topological polar surface area (TPSA) is 67.4 Å². The molecule has 0 aliphatic heterocycles. The Labute approximate surface area is 162 Å². The van der Waals surface area contributed by atoms with E-state index in [1.54, 1.807) is 30.5 Å².